The summed E-state index contributed by atoms with van der Waals surface area (Å²) >= 11 is 5.83. The molecule has 0 fully saturated rings. The molecular weight excluding hydrogens is 278 g/mol. The SMILES string of the molecule is CC(C)C(=O)N[C@@H](C)c1nc(-c2ccc(Cl)cc2)no1. The quantitative estimate of drug-likeness (QED) is 0.940. The minimum Gasteiger partial charge on any atom is -0.344 e. The minimum atomic E-state index is -0.321. The molecule has 0 saturated carbocycles. The summed E-state index contributed by atoms with van der Waals surface area (Å²) in [6.45, 7) is 5.46. The van der Waals surface area contributed by atoms with E-state index in [-0.39, 0.29) is 17.9 Å². The fourth-order valence-corrected chi connectivity index (χ4v) is 1.70. The largest absolute Gasteiger partial charge is 0.344 e. The van der Waals surface area contributed by atoms with Crippen molar-refractivity contribution in [2.45, 2.75) is 26.8 Å². The van der Waals surface area contributed by atoms with E-state index in [1.807, 2.05) is 26.0 Å². The Labute approximate surface area is 122 Å². The molecule has 0 aliphatic rings. The minimum absolute atomic E-state index is 0.0521. The number of nitrogens with zero attached hydrogens (tertiary/aromatic N) is 2. The van der Waals surface area contributed by atoms with Crippen molar-refractivity contribution < 1.29 is 9.32 Å². The van der Waals surface area contributed by atoms with Gasteiger partial charge in [-0.1, -0.05) is 30.6 Å². The molecule has 6 heteroatoms. The molecule has 1 N–H and O–H groups in total. The standard InChI is InChI=1S/C14H16ClN3O2/c1-8(2)13(19)16-9(3)14-17-12(18-20-14)10-4-6-11(15)7-5-10/h4-9H,1-3H3,(H,16,19)/t9-/m0/s1. The number of carbonyl (C=O) groups excluding carboxylic acids is 1. The molecule has 1 aromatic heterocycles. The smallest absolute Gasteiger partial charge is 0.249 e. The summed E-state index contributed by atoms with van der Waals surface area (Å²) in [4.78, 5) is 15.9. The molecule has 0 bridgehead atoms. The molecule has 0 aliphatic carbocycles. The third kappa shape index (κ3) is 3.36. The van der Waals surface area contributed by atoms with E-state index in [1.54, 1.807) is 19.1 Å². The number of halogens is 1. The zero-order chi connectivity index (χ0) is 14.7. The van der Waals surface area contributed by atoms with Crippen LogP contribution in [0.3, 0.4) is 0 Å². The van der Waals surface area contributed by atoms with Crippen molar-refractivity contribution in [3.05, 3.63) is 35.2 Å². The van der Waals surface area contributed by atoms with E-state index in [0.717, 1.165) is 5.56 Å². The van der Waals surface area contributed by atoms with Crippen LogP contribution in [0.4, 0.5) is 0 Å². The molecule has 0 unspecified atom stereocenters. The highest BCUT2D eigenvalue weighted by Gasteiger charge is 2.18. The van der Waals surface area contributed by atoms with Crippen LogP contribution in [-0.2, 0) is 4.79 Å². The number of aromatic nitrogens is 2. The lowest BCUT2D eigenvalue weighted by atomic mass is 10.2. The first kappa shape index (κ1) is 14.5. The summed E-state index contributed by atoms with van der Waals surface area (Å²) in [5, 5.41) is 7.37. The van der Waals surface area contributed by atoms with Gasteiger partial charge < -0.3 is 9.84 Å². The number of rotatable bonds is 4. The maximum atomic E-state index is 11.6. The van der Waals surface area contributed by atoms with Crippen LogP contribution < -0.4 is 5.32 Å². The monoisotopic (exact) mass is 293 g/mol. The normalized spacial score (nSPS) is 12.4. The third-order valence-electron chi connectivity index (χ3n) is 2.80. The Kier molecular flexibility index (Phi) is 4.39. The van der Waals surface area contributed by atoms with Crippen molar-refractivity contribution in [1.29, 1.82) is 0 Å². The van der Waals surface area contributed by atoms with Crippen molar-refractivity contribution in [2.24, 2.45) is 5.92 Å². The van der Waals surface area contributed by atoms with Gasteiger partial charge in [0.15, 0.2) is 0 Å². The predicted molar refractivity (Wildman–Crippen MR) is 76.1 cm³/mol. The molecule has 2 aromatic rings. The first-order valence-corrected chi connectivity index (χ1v) is 6.75. The Balaban J connectivity index is 2.12. The van der Waals surface area contributed by atoms with Gasteiger partial charge in [-0.05, 0) is 31.2 Å². The average Bonchev–Trinajstić information content (AvgIpc) is 2.89. The van der Waals surface area contributed by atoms with Gasteiger partial charge in [0.2, 0.25) is 17.6 Å². The van der Waals surface area contributed by atoms with E-state index >= 15 is 0 Å². The van der Waals surface area contributed by atoms with Crippen LogP contribution in [-0.4, -0.2) is 16.0 Å². The van der Waals surface area contributed by atoms with E-state index in [1.165, 1.54) is 0 Å². The Morgan fingerprint density at radius 2 is 1.90 bits per heavy atom. The summed E-state index contributed by atoms with van der Waals surface area (Å²) in [6.07, 6.45) is 0. The predicted octanol–water partition coefficient (Wildman–Crippen LogP) is 3.22. The number of amides is 1. The molecule has 1 atom stereocenters. The number of hydrogen-bond donors (Lipinski definition) is 1. The second-order valence-corrected chi connectivity index (χ2v) is 5.28. The summed E-state index contributed by atoms with van der Waals surface area (Å²) in [5.41, 5.74) is 0.812. The van der Waals surface area contributed by atoms with Crippen molar-refractivity contribution >= 4 is 17.5 Å². The Bertz CT molecular complexity index is 593. The number of benzene rings is 1. The van der Waals surface area contributed by atoms with Crippen molar-refractivity contribution in [1.82, 2.24) is 15.5 Å². The van der Waals surface area contributed by atoms with Crippen LogP contribution in [0.2, 0.25) is 5.02 Å². The Morgan fingerprint density at radius 1 is 1.25 bits per heavy atom. The van der Waals surface area contributed by atoms with Gasteiger partial charge in [0.25, 0.3) is 0 Å². The second-order valence-electron chi connectivity index (χ2n) is 4.85. The fourth-order valence-electron chi connectivity index (χ4n) is 1.57. The van der Waals surface area contributed by atoms with Gasteiger partial charge in [-0.15, -0.1) is 0 Å². The molecule has 2 rings (SSSR count). The van der Waals surface area contributed by atoms with Gasteiger partial charge >= 0.3 is 0 Å². The molecule has 0 aliphatic heterocycles. The van der Waals surface area contributed by atoms with Crippen molar-refractivity contribution in [3.63, 3.8) is 0 Å². The summed E-state index contributed by atoms with van der Waals surface area (Å²) in [6, 6.07) is 6.83. The molecule has 5 nitrogen and oxygen atoms in total. The van der Waals surface area contributed by atoms with Crippen LogP contribution >= 0.6 is 11.6 Å². The summed E-state index contributed by atoms with van der Waals surface area (Å²) in [7, 11) is 0. The van der Waals surface area contributed by atoms with Gasteiger partial charge in [0.1, 0.15) is 6.04 Å². The molecule has 0 spiro atoms. The lowest BCUT2D eigenvalue weighted by Gasteiger charge is -2.11. The van der Waals surface area contributed by atoms with Gasteiger partial charge in [-0.25, -0.2) is 0 Å². The molecule has 1 aromatic carbocycles. The van der Waals surface area contributed by atoms with Crippen molar-refractivity contribution in [3.8, 4) is 11.4 Å². The molecule has 1 amide bonds. The average molecular weight is 294 g/mol. The molecule has 0 saturated heterocycles. The van der Waals surface area contributed by atoms with E-state index in [4.69, 9.17) is 16.1 Å². The first-order valence-electron chi connectivity index (χ1n) is 6.37. The number of carbonyl (C=O) groups is 1. The van der Waals surface area contributed by atoms with Crippen LogP contribution in [0.1, 0.15) is 32.7 Å². The maximum Gasteiger partial charge on any atom is 0.249 e. The third-order valence-corrected chi connectivity index (χ3v) is 3.05. The lowest BCUT2D eigenvalue weighted by Crippen LogP contribution is -2.30. The lowest BCUT2D eigenvalue weighted by molar-refractivity contribution is -0.124. The molecule has 0 radical (unpaired) electrons. The van der Waals surface area contributed by atoms with E-state index in [9.17, 15) is 4.79 Å². The van der Waals surface area contributed by atoms with Gasteiger partial charge in [0.05, 0.1) is 0 Å². The summed E-state index contributed by atoms with van der Waals surface area (Å²) in [5.74, 6) is 0.714. The maximum absolute atomic E-state index is 11.6. The number of hydrogen-bond acceptors (Lipinski definition) is 4. The van der Waals surface area contributed by atoms with Crippen molar-refractivity contribution in [2.75, 3.05) is 0 Å². The van der Waals surface area contributed by atoms with Gasteiger partial charge in [0, 0.05) is 16.5 Å². The van der Waals surface area contributed by atoms with Gasteiger partial charge in [-0.3, -0.25) is 4.79 Å². The van der Waals surface area contributed by atoms with E-state index in [2.05, 4.69) is 15.5 Å². The highest BCUT2D eigenvalue weighted by atomic mass is 35.5. The highest BCUT2D eigenvalue weighted by Crippen LogP contribution is 2.20. The van der Waals surface area contributed by atoms with Crippen LogP contribution in [0.15, 0.2) is 28.8 Å². The topological polar surface area (TPSA) is 68.0 Å². The molecule has 20 heavy (non-hydrogen) atoms. The van der Waals surface area contributed by atoms with Crippen LogP contribution in [0, 0.1) is 5.92 Å². The Morgan fingerprint density at radius 3 is 2.50 bits per heavy atom. The zero-order valence-electron chi connectivity index (χ0n) is 11.6. The second kappa shape index (κ2) is 6.05. The fraction of sp³-hybridized carbons (Fsp3) is 0.357. The number of nitrogens with one attached hydrogen (secondary N) is 1. The molecule has 1 heterocycles. The molecular formula is C14H16ClN3O2. The van der Waals surface area contributed by atoms with Gasteiger partial charge in [-0.2, -0.15) is 4.98 Å². The van der Waals surface area contributed by atoms with E-state index < -0.39 is 0 Å². The Hall–Kier alpha value is -1.88. The van der Waals surface area contributed by atoms with Crippen LogP contribution in [0.25, 0.3) is 11.4 Å². The highest BCUT2D eigenvalue weighted by molar-refractivity contribution is 6.30. The summed E-state index contributed by atoms with van der Waals surface area (Å²) < 4.78 is 5.18. The van der Waals surface area contributed by atoms with Crippen LogP contribution in [0.5, 0.6) is 0 Å². The molecule has 106 valence electrons. The van der Waals surface area contributed by atoms with E-state index in [0.29, 0.717) is 16.7 Å². The first-order chi connectivity index (χ1) is 9.47. The zero-order valence-corrected chi connectivity index (χ0v) is 12.3.